The van der Waals surface area contributed by atoms with Crippen LogP contribution in [0.2, 0.25) is 0 Å². The molecular weight excluding hydrogens is 463 g/mol. The maximum absolute atomic E-state index is 14.4. The fourth-order valence-electron chi connectivity index (χ4n) is 3.40. The Kier molecular flexibility index (Phi) is 7.43. The maximum Gasteiger partial charge on any atom is 0.457 e. The zero-order chi connectivity index (χ0) is 24.7. The van der Waals surface area contributed by atoms with Crippen LogP contribution in [0.1, 0.15) is 22.7 Å². The Hall–Kier alpha value is -4.16. The number of amides is 2. The first-order valence-electron chi connectivity index (χ1n) is 10.9. The standard InChI is InChI=1S/C26H25N4O4P/c1-19-18-20(2)28-25(27-19)30-26(31)29-24(21-12-6-3-7-13-21)35(32,33-22-14-8-4-9-15-22)34-23-16-10-5-11-17-23/h3-18,24H,1-2H3,(H2,27,28,29,30,31). The zero-order valence-electron chi connectivity index (χ0n) is 19.3. The van der Waals surface area contributed by atoms with Gasteiger partial charge in [0.2, 0.25) is 5.95 Å². The summed E-state index contributed by atoms with van der Waals surface area (Å²) in [7, 11) is -4.09. The molecule has 2 amide bonds. The summed E-state index contributed by atoms with van der Waals surface area (Å²) in [4.78, 5) is 21.5. The molecular formula is C26H25N4O4P. The molecule has 0 saturated carbocycles. The predicted molar refractivity (Wildman–Crippen MR) is 135 cm³/mol. The van der Waals surface area contributed by atoms with E-state index >= 15 is 0 Å². The summed E-state index contributed by atoms with van der Waals surface area (Å²) in [6, 6.07) is 27.4. The average Bonchev–Trinajstić information content (AvgIpc) is 2.83. The number of para-hydroxylation sites is 2. The maximum atomic E-state index is 14.4. The number of aryl methyl sites for hydroxylation is 2. The minimum atomic E-state index is -4.09. The molecule has 0 saturated heterocycles. The topological polar surface area (TPSA) is 102 Å². The van der Waals surface area contributed by atoms with Crippen molar-refractivity contribution in [2.24, 2.45) is 0 Å². The van der Waals surface area contributed by atoms with E-state index in [4.69, 9.17) is 9.05 Å². The molecule has 1 heterocycles. The highest BCUT2D eigenvalue weighted by atomic mass is 31.2. The van der Waals surface area contributed by atoms with E-state index in [2.05, 4.69) is 20.6 Å². The monoisotopic (exact) mass is 488 g/mol. The number of benzene rings is 3. The lowest BCUT2D eigenvalue weighted by Crippen LogP contribution is -2.35. The predicted octanol–water partition coefficient (Wildman–Crippen LogP) is 6.26. The van der Waals surface area contributed by atoms with Crippen molar-refractivity contribution in [3.05, 3.63) is 114 Å². The third-order valence-corrected chi connectivity index (χ3v) is 6.85. The van der Waals surface area contributed by atoms with Crippen LogP contribution in [0, 0.1) is 13.8 Å². The van der Waals surface area contributed by atoms with E-state index in [0.29, 0.717) is 28.5 Å². The van der Waals surface area contributed by atoms with Gasteiger partial charge in [-0.15, -0.1) is 0 Å². The lowest BCUT2D eigenvalue weighted by Gasteiger charge is -2.28. The first-order chi connectivity index (χ1) is 16.9. The van der Waals surface area contributed by atoms with Gasteiger partial charge in [-0.1, -0.05) is 66.7 Å². The summed E-state index contributed by atoms with van der Waals surface area (Å²) in [5.41, 5.74) is 1.95. The van der Waals surface area contributed by atoms with Gasteiger partial charge in [-0.25, -0.2) is 19.3 Å². The molecule has 0 aliphatic rings. The molecule has 1 unspecified atom stereocenters. The number of nitrogens with one attached hydrogen (secondary N) is 2. The van der Waals surface area contributed by atoms with Gasteiger partial charge in [-0.3, -0.25) is 5.32 Å². The fourth-order valence-corrected chi connectivity index (χ4v) is 5.30. The lowest BCUT2D eigenvalue weighted by atomic mass is 10.2. The molecule has 4 aromatic rings. The Balaban J connectivity index is 1.70. The summed E-state index contributed by atoms with van der Waals surface area (Å²) in [5.74, 6) is -0.329. The highest BCUT2D eigenvalue weighted by molar-refractivity contribution is 7.55. The Bertz CT molecular complexity index is 1260. The van der Waals surface area contributed by atoms with Crippen LogP contribution in [-0.2, 0) is 4.57 Å². The van der Waals surface area contributed by atoms with E-state index < -0.39 is 19.4 Å². The second-order valence-corrected chi connectivity index (χ2v) is 9.70. The summed E-state index contributed by atoms with van der Waals surface area (Å²) < 4.78 is 26.4. The van der Waals surface area contributed by atoms with Crippen molar-refractivity contribution >= 4 is 19.6 Å². The van der Waals surface area contributed by atoms with Crippen LogP contribution in [0.4, 0.5) is 10.7 Å². The van der Waals surface area contributed by atoms with Crippen LogP contribution in [-0.4, -0.2) is 16.0 Å². The molecule has 35 heavy (non-hydrogen) atoms. The minimum Gasteiger partial charge on any atom is -0.414 e. The van der Waals surface area contributed by atoms with E-state index in [1.165, 1.54) is 0 Å². The highest BCUT2D eigenvalue weighted by Crippen LogP contribution is 2.58. The van der Waals surface area contributed by atoms with Crippen molar-refractivity contribution in [1.82, 2.24) is 15.3 Å². The Morgan fingerprint density at radius 2 is 1.23 bits per heavy atom. The average molecular weight is 488 g/mol. The van der Waals surface area contributed by atoms with Gasteiger partial charge in [-0.2, -0.15) is 0 Å². The molecule has 2 N–H and O–H groups in total. The molecule has 1 atom stereocenters. The largest absolute Gasteiger partial charge is 0.457 e. The highest BCUT2D eigenvalue weighted by Gasteiger charge is 2.42. The van der Waals surface area contributed by atoms with Crippen LogP contribution in [0.5, 0.6) is 11.5 Å². The first kappa shape index (κ1) is 24.0. The van der Waals surface area contributed by atoms with Crippen LogP contribution < -0.4 is 19.7 Å². The van der Waals surface area contributed by atoms with Gasteiger partial charge >= 0.3 is 13.6 Å². The SMILES string of the molecule is Cc1cc(C)nc(NC(=O)NC(c2ccccc2)P(=O)(Oc2ccccc2)Oc2ccccc2)n1. The van der Waals surface area contributed by atoms with Gasteiger partial charge in [-0.05, 0) is 49.7 Å². The van der Waals surface area contributed by atoms with Gasteiger partial charge < -0.3 is 14.4 Å². The third kappa shape index (κ3) is 6.46. The normalized spacial score (nSPS) is 11.8. The van der Waals surface area contributed by atoms with Crippen molar-refractivity contribution < 1.29 is 18.4 Å². The Labute approximate surface area is 203 Å². The molecule has 8 nitrogen and oxygen atoms in total. The lowest BCUT2D eigenvalue weighted by molar-refractivity contribution is 0.249. The van der Waals surface area contributed by atoms with Crippen LogP contribution in [0.25, 0.3) is 0 Å². The van der Waals surface area contributed by atoms with Crippen LogP contribution >= 0.6 is 7.60 Å². The molecule has 0 aliphatic heterocycles. The second-order valence-electron chi connectivity index (χ2n) is 7.73. The fraction of sp³-hybridized carbons (Fsp3) is 0.115. The number of urea groups is 1. The number of hydrogen-bond acceptors (Lipinski definition) is 6. The summed E-state index contributed by atoms with van der Waals surface area (Å²) >= 11 is 0. The van der Waals surface area contributed by atoms with Gasteiger partial charge in [0.1, 0.15) is 11.5 Å². The smallest absolute Gasteiger partial charge is 0.414 e. The van der Waals surface area contributed by atoms with Gasteiger partial charge in [0.05, 0.1) is 0 Å². The van der Waals surface area contributed by atoms with Crippen molar-refractivity contribution in [2.45, 2.75) is 19.6 Å². The molecule has 178 valence electrons. The summed E-state index contributed by atoms with van der Waals surface area (Å²) in [6.45, 7) is 3.61. The molecule has 0 aliphatic carbocycles. The number of hydrogen-bond donors (Lipinski definition) is 2. The van der Waals surface area contributed by atoms with Crippen LogP contribution in [0.3, 0.4) is 0 Å². The summed E-state index contributed by atoms with van der Waals surface area (Å²) in [6.07, 6.45) is 0. The number of anilines is 1. The molecule has 1 aromatic heterocycles. The quantitative estimate of drug-likeness (QED) is 0.284. The van der Waals surface area contributed by atoms with Crippen molar-refractivity contribution in [2.75, 3.05) is 5.32 Å². The van der Waals surface area contributed by atoms with Gasteiger partial charge in [0.25, 0.3) is 0 Å². The number of carbonyl (C=O) groups is 1. The molecule has 0 radical (unpaired) electrons. The van der Waals surface area contributed by atoms with Crippen molar-refractivity contribution in [1.29, 1.82) is 0 Å². The molecule has 3 aromatic carbocycles. The number of rotatable bonds is 8. The number of aromatic nitrogens is 2. The molecule has 0 spiro atoms. The van der Waals surface area contributed by atoms with E-state index in [1.807, 2.05) is 18.2 Å². The van der Waals surface area contributed by atoms with E-state index in [0.717, 1.165) is 0 Å². The molecule has 4 rings (SSSR count). The van der Waals surface area contributed by atoms with Gasteiger partial charge in [0, 0.05) is 11.4 Å². The van der Waals surface area contributed by atoms with Crippen molar-refractivity contribution in [3.8, 4) is 11.5 Å². The second kappa shape index (κ2) is 10.8. The molecule has 0 fully saturated rings. The minimum absolute atomic E-state index is 0.134. The van der Waals surface area contributed by atoms with E-state index in [1.54, 1.807) is 92.7 Å². The molecule has 9 heteroatoms. The first-order valence-corrected chi connectivity index (χ1v) is 12.6. The number of carbonyl (C=O) groups excluding carboxylic acids is 1. The molecule has 0 bridgehead atoms. The summed E-state index contributed by atoms with van der Waals surface area (Å²) in [5, 5.41) is 5.38. The Morgan fingerprint density at radius 3 is 1.71 bits per heavy atom. The van der Waals surface area contributed by atoms with E-state index in [9.17, 15) is 9.36 Å². The Morgan fingerprint density at radius 1 is 0.771 bits per heavy atom. The van der Waals surface area contributed by atoms with Gasteiger partial charge in [0.15, 0.2) is 5.78 Å². The van der Waals surface area contributed by atoms with E-state index in [-0.39, 0.29) is 5.95 Å². The zero-order valence-corrected chi connectivity index (χ0v) is 20.2. The van der Waals surface area contributed by atoms with Crippen LogP contribution in [0.15, 0.2) is 97.1 Å². The van der Waals surface area contributed by atoms with Crippen molar-refractivity contribution in [3.63, 3.8) is 0 Å². The number of nitrogens with zero attached hydrogens (tertiary/aromatic N) is 2. The third-order valence-electron chi connectivity index (χ3n) is 4.86.